The number of nitrogens with one attached hydrogen (secondary N) is 1. The summed E-state index contributed by atoms with van der Waals surface area (Å²) in [5, 5.41) is 3.97. The lowest BCUT2D eigenvalue weighted by Gasteiger charge is -2.25. The number of amides is 1. The highest BCUT2D eigenvalue weighted by molar-refractivity contribution is 7.98. The Labute approximate surface area is 130 Å². The van der Waals surface area contributed by atoms with Crippen LogP contribution in [-0.2, 0) is 0 Å². The SMILES string of the molecule is CCN(CC1CCCN1)C(=O)c1cc(SC)ccc1Cl. The second-order valence-corrected chi connectivity index (χ2v) is 6.27. The maximum absolute atomic E-state index is 12.7. The fraction of sp³-hybridized carbons (Fsp3) is 0.533. The van der Waals surface area contributed by atoms with E-state index in [-0.39, 0.29) is 5.91 Å². The monoisotopic (exact) mass is 312 g/mol. The van der Waals surface area contributed by atoms with Gasteiger partial charge in [0.05, 0.1) is 10.6 Å². The largest absolute Gasteiger partial charge is 0.337 e. The van der Waals surface area contributed by atoms with Crippen LogP contribution in [0.1, 0.15) is 30.1 Å². The summed E-state index contributed by atoms with van der Waals surface area (Å²) >= 11 is 7.81. The standard InChI is InChI=1S/C15H21ClN2OS/c1-3-18(10-11-5-4-8-17-11)15(19)13-9-12(20-2)6-7-14(13)16/h6-7,9,11,17H,3-5,8,10H2,1-2H3. The van der Waals surface area contributed by atoms with Crippen LogP contribution in [0.2, 0.25) is 5.02 Å². The van der Waals surface area contributed by atoms with Gasteiger partial charge in [0.1, 0.15) is 0 Å². The minimum atomic E-state index is 0.0297. The highest BCUT2D eigenvalue weighted by Crippen LogP contribution is 2.24. The van der Waals surface area contributed by atoms with Gasteiger partial charge in [-0.05, 0) is 50.8 Å². The van der Waals surface area contributed by atoms with Crippen molar-refractivity contribution in [1.82, 2.24) is 10.2 Å². The number of benzene rings is 1. The van der Waals surface area contributed by atoms with Crippen molar-refractivity contribution in [2.75, 3.05) is 25.9 Å². The molecule has 0 spiro atoms. The zero-order valence-corrected chi connectivity index (χ0v) is 13.6. The van der Waals surface area contributed by atoms with Crippen molar-refractivity contribution in [3.8, 4) is 0 Å². The molecule has 1 amide bonds. The van der Waals surface area contributed by atoms with Crippen LogP contribution < -0.4 is 5.32 Å². The predicted molar refractivity (Wildman–Crippen MR) is 85.8 cm³/mol. The molecule has 1 aliphatic rings. The van der Waals surface area contributed by atoms with Crippen molar-refractivity contribution >= 4 is 29.3 Å². The molecule has 1 atom stereocenters. The minimum Gasteiger partial charge on any atom is -0.337 e. The highest BCUT2D eigenvalue weighted by Gasteiger charge is 2.22. The van der Waals surface area contributed by atoms with Crippen LogP contribution in [0.25, 0.3) is 0 Å². The molecular weight excluding hydrogens is 292 g/mol. The molecule has 1 heterocycles. The molecule has 0 bridgehead atoms. The number of hydrogen-bond acceptors (Lipinski definition) is 3. The van der Waals surface area contributed by atoms with E-state index in [1.54, 1.807) is 11.8 Å². The molecule has 1 fully saturated rings. The molecule has 1 unspecified atom stereocenters. The molecule has 0 saturated carbocycles. The van der Waals surface area contributed by atoms with Crippen molar-refractivity contribution in [2.24, 2.45) is 0 Å². The first kappa shape index (κ1) is 15.7. The van der Waals surface area contributed by atoms with Gasteiger partial charge in [-0.15, -0.1) is 11.8 Å². The van der Waals surface area contributed by atoms with Crippen LogP contribution in [0.3, 0.4) is 0 Å². The molecule has 20 heavy (non-hydrogen) atoms. The summed E-state index contributed by atoms with van der Waals surface area (Å²) in [4.78, 5) is 15.6. The van der Waals surface area contributed by atoms with Crippen LogP contribution in [0, 0.1) is 0 Å². The Morgan fingerprint density at radius 1 is 1.55 bits per heavy atom. The molecule has 1 aromatic rings. The number of thioether (sulfide) groups is 1. The quantitative estimate of drug-likeness (QED) is 0.847. The number of hydrogen-bond donors (Lipinski definition) is 1. The minimum absolute atomic E-state index is 0.0297. The Morgan fingerprint density at radius 3 is 2.95 bits per heavy atom. The van der Waals surface area contributed by atoms with Crippen LogP contribution in [0.15, 0.2) is 23.1 Å². The second kappa shape index (κ2) is 7.34. The summed E-state index contributed by atoms with van der Waals surface area (Å²) in [7, 11) is 0. The Bertz CT molecular complexity index is 475. The fourth-order valence-electron chi connectivity index (χ4n) is 2.50. The third kappa shape index (κ3) is 3.68. The van der Waals surface area contributed by atoms with Gasteiger partial charge in [0, 0.05) is 24.0 Å². The van der Waals surface area contributed by atoms with Gasteiger partial charge in [-0.2, -0.15) is 0 Å². The predicted octanol–water partition coefficient (Wildman–Crippen LogP) is 3.28. The van der Waals surface area contributed by atoms with Gasteiger partial charge in [-0.1, -0.05) is 11.6 Å². The molecule has 0 aromatic heterocycles. The Balaban J connectivity index is 2.14. The van der Waals surface area contributed by atoms with E-state index in [1.165, 1.54) is 6.42 Å². The van der Waals surface area contributed by atoms with Crippen LogP contribution in [0.4, 0.5) is 0 Å². The maximum Gasteiger partial charge on any atom is 0.255 e. The van der Waals surface area contributed by atoms with Crippen molar-refractivity contribution in [3.05, 3.63) is 28.8 Å². The first-order valence-corrected chi connectivity index (χ1v) is 8.62. The van der Waals surface area contributed by atoms with Gasteiger partial charge in [-0.3, -0.25) is 4.79 Å². The van der Waals surface area contributed by atoms with Gasteiger partial charge < -0.3 is 10.2 Å². The molecule has 1 saturated heterocycles. The molecule has 2 rings (SSSR count). The summed E-state index contributed by atoms with van der Waals surface area (Å²) in [5.74, 6) is 0.0297. The lowest BCUT2D eigenvalue weighted by molar-refractivity contribution is 0.0751. The molecular formula is C15H21ClN2OS. The highest BCUT2D eigenvalue weighted by atomic mass is 35.5. The average molecular weight is 313 g/mol. The maximum atomic E-state index is 12.7. The van der Waals surface area contributed by atoms with Gasteiger partial charge in [0.2, 0.25) is 0 Å². The van der Waals surface area contributed by atoms with Crippen LogP contribution >= 0.6 is 23.4 Å². The van der Waals surface area contributed by atoms with E-state index in [9.17, 15) is 4.79 Å². The van der Waals surface area contributed by atoms with Crippen molar-refractivity contribution in [3.63, 3.8) is 0 Å². The summed E-state index contributed by atoms with van der Waals surface area (Å²) in [6, 6.07) is 6.06. The molecule has 0 aliphatic carbocycles. The first-order valence-electron chi connectivity index (χ1n) is 7.02. The third-order valence-electron chi connectivity index (χ3n) is 3.68. The van der Waals surface area contributed by atoms with Crippen molar-refractivity contribution in [1.29, 1.82) is 0 Å². The zero-order valence-electron chi connectivity index (χ0n) is 12.0. The summed E-state index contributed by atoms with van der Waals surface area (Å²) in [5.41, 5.74) is 0.610. The Morgan fingerprint density at radius 2 is 2.35 bits per heavy atom. The van der Waals surface area contributed by atoms with E-state index in [0.717, 1.165) is 24.4 Å². The molecule has 1 aliphatic heterocycles. The molecule has 3 nitrogen and oxygen atoms in total. The fourth-order valence-corrected chi connectivity index (χ4v) is 3.14. The van der Waals surface area contributed by atoms with Gasteiger partial charge in [0.25, 0.3) is 5.91 Å². The van der Waals surface area contributed by atoms with Crippen LogP contribution in [-0.4, -0.2) is 42.7 Å². The second-order valence-electron chi connectivity index (χ2n) is 4.98. The number of rotatable bonds is 5. The van der Waals surface area contributed by atoms with Crippen LogP contribution in [0.5, 0.6) is 0 Å². The number of carbonyl (C=O) groups is 1. The van der Waals surface area contributed by atoms with E-state index in [1.807, 2.05) is 36.3 Å². The van der Waals surface area contributed by atoms with E-state index >= 15 is 0 Å². The van der Waals surface area contributed by atoms with Crippen molar-refractivity contribution < 1.29 is 4.79 Å². The third-order valence-corrected chi connectivity index (χ3v) is 4.73. The number of likely N-dealkylation sites (N-methyl/N-ethyl adjacent to an activating group) is 1. The van der Waals surface area contributed by atoms with Gasteiger partial charge in [-0.25, -0.2) is 0 Å². The summed E-state index contributed by atoms with van der Waals surface area (Å²) in [6.45, 7) is 4.53. The summed E-state index contributed by atoms with van der Waals surface area (Å²) < 4.78 is 0. The molecule has 0 radical (unpaired) electrons. The van der Waals surface area contributed by atoms with Crippen molar-refractivity contribution in [2.45, 2.75) is 30.7 Å². The topological polar surface area (TPSA) is 32.3 Å². The Kier molecular flexibility index (Phi) is 5.75. The number of halogens is 1. The van der Waals surface area contributed by atoms with E-state index < -0.39 is 0 Å². The molecule has 5 heteroatoms. The lowest BCUT2D eigenvalue weighted by Crippen LogP contribution is -2.41. The van der Waals surface area contributed by atoms with Gasteiger partial charge in [0.15, 0.2) is 0 Å². The lowest BCUT2D eigenvalue weighted by atomic mass is 10.1. The first-order chi connectivity index (χ1) is 9.65. The zero-order chi connectivity index (χ0) is 14.5. The summed E-state index contributed by atoms with van der Waals surface area (Å²) in [6.07, 6.45) is 4.33. The average Bonchev–Trinajstić information content (AvgIpc) is 2.97. The number of carbonyl (C=O) groups excluding carboxylic acids is 1. The normalized spacial score (nSPS) is 18.2. The van der Waals surface area contributed by atoms with E-state index in [4.69, 9.17) is 11.6 Å². The molecule has 1 N–H and O–H groups in total. The van der Waals surface area contributed by atoms with E-state index in [0.29, 0.717) is 23.2 Å². The number of nitrogens with zero attached hydrogens (tertiary/aromatic N) is 1. The Hall–Kier alpha value is -0.710. The molecule has 110 valence electrons. The smallest absolute Gasteiger partial charge is 0.255 e. The van der Waals surface area contributed by atoms with Gasteiger partial charge >= 0.3 is 0 Å². The van der Waals surface area contributed by atoms with E-state index in [2.05, 4.69) is 5.32 Å². The molecule has 1 aromatic carbocycles.